The Morgan fingerprint density at radius 2 is 1.95 bits per heavy atom. The molecule has 1 aromatic rings. The summed E-state index contributed by atoms with van der Waals surface area (Å²) in [5.41, 5.74) is 5.29. The maximum absolute atomic E-state index is 13.6. The van der Waals surface area contributed by atoms with Crippen LogP contribution >= 0.6 is 11.6 Å². The monoisotopic (exact) mass is 577 g/mol. The van der Waals surface area contributed by atoms with Crippen molar-refractivity contribution in [3.05, 3.63) is 34.9 Å². The summed E-state index contributed by atoms with van der Waals surface area (Å²) in [6.07, 6.45) is 9.48. The molecule has 0 spiro atoms. The number of rotatable bonds is 13. The van der Waals surface area contributed by atoms with Crippen LogP contribution in [0.5, 0.6) is 0 Å². The summed E-state index contributed by atoms with van der Waals surface area (Å²) in [6.45, 7) is 3.86. The third-order valence-electron chi connectivity index (χ3n) is 8.51. The van der Waals surface area contributed by atoms with Gasteiger partial charge in [0.1, 0.15) is 0 Å². The first-order valence-electron chi connectivity index (χ1n) is 15.0. The first-order valence-corrected chi connectivity index (χ1v) is 15.3. The number of ether oxygens (including phenoxy) is 1. The molecule has 10 heteroatoms. The van der Waals surface area contributed by atoms with Crippen molar-refractivity contribution < 1.29 is 19.1 Å². The molecule has 1 aliphatic heterocycles. The van der Waals surface area contributed by atoms with Crippen LogP contribution in [0.15, 0.2) is 24.3 Å². The molecule has 1 aliphatic carbocycles. The zero-order valence-corrected chi connectivity index (χ0v) is 24.9. The molecule has 5 N–H and O–H groups in total. The van der Waals surface area contributed by atoms with Gasteiger partial charge in [0.25, 0.3) is 0 Å². The van der Waals surface area contributed by atoms with Crippen molar-refractivity contribution in [1.29, 1.82) is 0 Å². The quantitative estimate of drug-likeness (QED) is 0.248. The third kappa shape index (κ3) is 9.26. The van der Waals surface area contributed by atoms with Crippen LogP contribution in [0.25, 0.3) is 0 Å². The summed E-state index contributed by atoms with van der Waals surface area (Å²) in [7, 11) is 1.93. The number of nitrogens with one attached hydrogen (secondary N) is 3. The van der Waals surface area contributed by atoms with Gasteiger partial charge in [0, 0.05) is 43.0 Å². The van der Waals surface area contributed by atoms with Gasteiger partial charge in [-0.15, -0.1) is 0 Å². The lowest BCUT2D eigenvalue weighted by atomic mass is 9.71. The highest BCUT2D eigenvalue weighted by Gasteiger charge is 2.44. The average molecular weight is 578 g/mol. The van der Waals surface area contributed by atoms with Gasteiger partial charge in [0.05, 0.1) is 12.1 Å². The number of likely N-dealkylation sites (tertiary alicyclic amines) is 1. The van der Waals surface area contributed by atoms with Crippen molar-refractivity contribution in [2.24, 2.45) is 17.6 Å². The molecule has 1 heterocycles. The van der Waals surface area contributed by atoms with E-state index in [4.69, 9.17) is 22.1 Å². The molecule has 0 unspecified atom stereocenters. The molecule has 0 aromatic heterocycles. The molecule has 0 radical (unpaired) electrons. The van der Waals surface area contributed by atoms with E-state index in [1.165, 1.54) is 32.1 Å². The highest BCUT2D eigenvalue weighted by molar-refractivity contribution is 6.30. The summed E-state index contributed by atoms with van der Waals surface area (Å²) < 4.78 is 5.02. The van der Waals surface area contributed by atoms with E-state index in [2.05, 4.69) is 16.0 Å². The SMILES string of the molecule is CCC(=O)N[C@](CCCOC(N)=O)(c1cccc(Cl)c1)[C@@H]1CCCN(C(=O)N[C@H](CNC)CC2CCCCC2)C1. The van der Waals surface area contributed by atoms with Crippen LogP contribution < -0.4 is 21.7 Å². The second-order valence-electron chi connectivity index (χ2n) is 11.4. The number of piperidine rings is 1. The zero-order valence-electron chi connectivity index (χ0n) is 24.2. The van der Waals surface area contributed by atoms with Gasteiger partial charge in [0.2, 0.25) is 5.91 Å². The van der Waals surface area contributed by atoms with E-state index in [9.17, 15) is 14.4 Å². The number of likely N-dealkylation sites (N-methyl/N-ethyl adjacent to an activating group) is 1. The number of hydrogen-bond donors (Lipinski definition) is 4. The number of nitrogens with two attached hydrogens (primary N) is 1. The molecule has 40 heavy (non-hydrogen) atoms. The Kier molecular flexibility index (Phi) is 12.8. The first-order chi connectivity index (χ1) is 19.3. The van der Waals surface area contributed by atoms with E-state index in [1.54, 1.807) is 0 Å². The number of nitrogens with zero attached hydrogens (tertiary/aromatic N) is 1. The molecular formula is C30H48ClN5O4. The minimum atomic E-state index is -0.823. The number of primary amides is 1. The Hall–Kier alpha value is -2.52. The van der Waals surface area contributed by atoms with Gasteiger partial charge >= 0.3 is 12.1 Å². The summed E-state index contributed by atoms with van der Waals surface area (Å²) in [6, 6.07) is 7.57. The van der Waals surface area contributed by atoms with E-state index in [1.807, 2.05) is 43.1 Å². The van der Waals surface area contributed by atoms with Gasteiger partial charge in [-0.2, -0.15) is 0 Å². The predicted octanol–water partition coefficient (Wildman–Crippen LogP) is 4.92. The Morgan fingerprint density at radius 3 is 2.62 bits per heavy atom. The molecule has 9 nitrogen and oxygen atoms in total. The first kappa shape index (κ1) is 32.0. The van der Waals surface area contributed by atoms with Gasteiger partial charge < -0.3 is 31.3 Å². The summed E-state index contributed by atoms with van der Waals surface area (Å²) in [5, 5.41) is 10.5. The molecule has 2 aliphatic rings. The topological polar surface area (TPSA) is 126 Å². The van der Waals surface area contributed by atoms with Crippen molar-refractivity contribution >= 4 is 29.6 Å². The third-order valence-corrected chi connectivity index (χ3v) is 8.74. The van der Waals surface area contributed by atoms with Crippen LogP contribution in [0.4, 0.5) is 9.59 Å². The second-order valence-corrected chi connectivity index (χ2v) is 11.8. The maximum atomic E-state index is 13.6. The van der Waals surface area contributed by atoms with Crippen molar-refractivity contribution in [2.45, 2.75) is 89.1 Å². The molecule has 2 fully saturated rings. The van der Waals surface area contributed by atoms with E-state index in [-0.39, 0.29) is 30.5 Å². The van der Waals surface area contributed by atoms with Crippen LogP contribution in [0, 0.1) is 11.8 Å². The number of amides is 4. The fourth-order valence-electron chi connectivity index (χ4n) is 6.54. The molecular weight excluding hydrogens is 530 g/mol. The molecule has 3 atom stereocenters. The second kappa shape index (κ2) is 16.1. The molecule has 224 valence electrons. The van der Waals surface area contributed by atoms with Gasteiger partial charge in [0.15, 0.2) is 0 Å². The molecule has 1 saturated carbocycles. The summed E-state index contributed by atoms with van der Waals surface area (Å²) >= 11 is 6.43. The smallest absolute Gasteiger partial charge is 0.404 e. The van der Waals surface area contributed by atoms with E-state index in [0.717, 1.165) is 31.4 Å². The molecule has 3 rings (SSSR count). The number of urea groups is 1. The fourth-order valence-corrected chi connectivity index (χ4v) is 6.73. The number of carbonyl (C=O) groups excluding carboxylic acids is 3. The van der Waals surface area contributed by atoms with Gasteiger partial charge in [-0.25, -0.2) is 9.59 Å². The van der Waals surface area contributed by atoms with Gasteiger partial charge in [-0.05, 0) is 62.8 Å². The summed E-state index contributed by atoms with van der Waals surface area (Å²) in [5.74, 6) is 0.512. The molecule has 1 saturated heterocycles. The summed E-state index contributed by atoms with van der Waals surface area (Å²) in [4.78, 5) is 39.6. The van der Waals surface area contributed by atoms with Crippen molar-refractivity contribution in [3.63, 3.8) is 0 Å². The van der Waals surface area contributed by atoms with Crippen molar-refractivity contribution in [3.8, 4) is 0 Å². The lowest BCUT2D eigenvalue weighted by molar-refractivity contribution is -0.124. The molecule has 1 aromatic carbocycles. The molecule has 4 amide bonds. The van der Waals surface area contributed by atoms with E-state index < -0.39 is 11.6 Å². The minimum absolute atomic E-state index is 0.0559. The average Bonchev–Trinajstić information content (AvgIpc) is 2.95. The van der Waals surface area contributed by atoms with Crippen LogP contribution in [-0.4, -0.2) is 62.3 Å². The normalized spacial score (nSPS) is 20.3. The van der Waals surface area contributed by atoms with E-state index in [0.29, 0.717) is 43.3 Å². The number of hydrogen-bond acceptors (Lipinski definition) is 5. The van der Waals surface area contributed by atoms with Crippen molar-refractivity contribution in [1.82, 2.24) is 20.9 Å². The number of halogens is 1. The van der Waals surface area contributed by atoms with Gasteiger partial charge in [-0.3, -0.25) is 4.79 Å². The highest BCUT2D eigenvalue weighted by Crippen LogP contribution is 2.40. The molecule has 0 bridgehead atoms. The van der Waals surface area contributed by atoms with E-state index >= 15 is 0 Å². The Labute approximate surface area is 244 Å². The van der Waals surface area contributed by atoms with Crippen LogP contribution in [0.3, 0.4) is 0 Å². The van der Waals surface area contributed by atoms with Gasteiger partial charge in [-0.1, -0.05) is 62.8 Å². The Morgan fingerprint density at radius 1 is 1.18 bits per heavy atom. The lowest BCUT2D eigenvalue weighted by Gasteiger charge is -2.47. The number of benzene rings is 1. The standard InChI is InChI=1S/C30H48ClN5O4/c1-3-27(37)35-30(15-9-17-40-28(32)38,23-12-7-14-25(31)19-23)24-13-8-16-36(21-24)29(39)34-26(20-33-2)18-22-10-5-4-6-11-22/h7,12,14,19,22,24,26,33H,3-6,8-11,13,15-18,20-21H2,1-2H3,(H2,32,38)(H,34,39)(H,35,37)/t24-,26+,30-/m1/s1. The fraction of sp³-hybridized carbons (Fsp3) is 0.700. The van der Waals surface area contributed by atoms with Crippen molar-refractivity contribution in [2.75, 3.05) is 33.3 Å². The van der Waals surface area contributed by atoms with Crippen LogP contribution in [-0.2, 0) is 15.1 Å². The van der Waals surface area contributed by atoms with Crippen LogP contribution in [0.1, 0.15) is 83.1 Å². The predicted molar refractivity (Wildman–Crippen MR) is 158 cm³/mol. The minimum Gasteiger partial charge on any atom is -0.450 e. The van der Waals surface area contributed by atoms with Crippen LogP contribution in [0.2, 0.25) is 5.02 Å². The zero-order chi connectivity index (χ0) is 29.0. The Balaban J connectivity index is 1.82. The highest BCUT2D eigenvalue weighted by atomic mass is 35.5. The largest absolute Gasteiger partial charge is 0.450 e. The Bertz CT molecular complexity index is 973. The maximum Gasteiger partial charge on any atom is 0.404 e. The lowest BCUT2D eigenvalue weighted by Crippen LogP contribution is -2.58. The number of carbonyl (C=O) groups is 3.